The van der Waals surface area contributed by atoms with Crippen LogP contribution in [0.3, 0.4) is 0 Å². The second-order valence-corrected chi connectivity index (χ2v) is 3.55. The fraction of sp³-hybridized carbons (Fsp3) is 0.273. The van der Waals surface area contributed by atoms with E-state index in [0.717, 1.165) is 0 Å². The molecule has 0 saturated heterocycles. The zero-order chi connectivity index (χ0) is 13.5. The highest BCUT2D eigenvalue weighted by atomic mass is 16.4. The van der Waals surface area contributed by atoms with Gasteiger partial charge in [-0.05, 0) is 19.1 Å². The molecule has 0 bridgehead atoms. The van der Waals surface area contributed by atoms with E-state index in [2.05, 4.69) is 15.6 Å². The lowest BCUT2D eigenvalue weighted by Crippen LogP contribution is -2.44. The Morgan fingerprint density at radius 2 is 1.94 bits per heavy atom. The fourth-order valence-electron chi connectivity index (χ4n) is 1.12. The number of amides is 2. The first-order valence-corrected chi connectivity index (χ1v) is 5.21. The number of carbonyl (C=O) groups is 3. The molecule has 0 saturated carbocycles. The molecule has 1 heterocycles. The first-order valence-electron chi connectivity index (χ1n) is 5.21. The number of hydrogen-bond acceptors (Lipinski definition) is 4. The summed E-state index contributed by atoms with van der Waals surface area (Å²) in [6.45, 7) is 1.06. The minimum absolute atomic E-state index is 0.279. The van der Waals surface area contributed by atoms with E-state index in [1.165, 1.54) is 31.5 Å². The van der Waals surface area contributed by atoms with Gasteiger partial charge in [-0.2, -0.15) is 0 Å². The zero-order valence-electron chi connectivity index (χ0n) is 9.71. The predicted molar refractivity (Wildman–Crippen MR) is 61.8 cm³/mol. The van der Waals surface area contributed by atoms with Crippen molar-refractivity contribution in [3.8, 4) is 0 Å². The normalized spacial score (nSPS) is 11.4. The Kier molecular flexibility index (Phi) is 4.79. The highest BCUT2D eigenvalue weighted by molar-refractivity contribution is 5.96. The van der Waals surface area contributed by atoms with Gasteiger partial charge in [0.05, 0.1) is 6.54 Å². The molecule has 2 amide bonds. The molecule has 0 aliphatic carbocycles. The van der Waals surface area contributed by atoms with Gasteiger partial charge in [0, 0.05) is 18.0 Å². The molecule has 96 valence electrons. The van der Waals surface area contributed by atoms with Crippen LogP contribution in [0.2, 0.25) is 0 Å². The Bertz CT molecular complexity index is 447. The maximum atomic E-state index is 11.5. The standard InChI is InChI=1S/C11H13N3O4/c1-7(11(17)18)14-9(15)6-13-10(16)8-2-4-12-5-3-8/h2-5,7H,6H2,1H3,(H,13,16)(H,14,15)(H,17,18)/t7-/m0/s1. The Morgan fingerprint density at radius 1 is 1.33 bits per heavy atom. The van der Waals surface area contributed by atoms with Crippen LogP contribution >= 0.6 is 0 Å². The first kappa shape index (κ1) is 13.6. The van der Waals surface area contributed by atoms with Gasteiger partial charge in [0.2, 0.25) is 5.91 Å². The van der Waals surface area contributed by atoms with Gasteiger partial charge in [-0.3, -0.25) is 19.4 Å². The van der Waals surface area contributed by atoms with Gasteiger partial charge in [-0.15, -0.1) is 0 Å². The Hall–Kier alpha value is -2.44. The van der Waals surface area contributed by atoms with Crippen LogP contribution in [0.4, 0.5) is 0 Å². The zero-order valence-corrected chi connectivity index (χ0v) is 9.71. The number of rotatable bonds is 5. The lowest BCUT2D eigenvalue weighted by Gasteiger charge is -2.09. The van der Waals surface area contributed by atoms with Crippen molar-refractivity contribution in [2.45, 2.75) is 13.0 Å². The lowest BCUT2D eigenvalue weighted by molar-refractivity contribution is -0.141. The second kappa shape index (κ2) is 6.33. The van der Waals surface area contributed by atoms with Crippen LogP contribution in [-0.4, -0.2) is 40.5 Å². The van der Waals surface area contributed by atoms with E-state index in [1.807, 2.05) is 0 Å². The summed E-state index contributed by atoms with van der Waals surface area (Å²) in [4.78, 5) is 37.1. The molecule has 0 unspecified atom stereocenters. The average molecular weight is 251 g/mol. The number of carboxylic acids is 1. The van der Waals surface area contributed by atoms with Gasteiger partial charge in [0.1, 0.15) is 6.04 Å². The molecule has 0 aliphatic rings. The molecule has 0 aliphatic heterocycles. The Morgan fingerprint density at radius 3 is 2.50 bits per heavy atom. The summed E-state index contributed by atoms with van der Waals surface area (Å²) in [7, 11) is 0. The molecule has 1 atom stereocenters. The highest BCUT2D eigenvalue weighted by Crippen LogP contribution is 1.94. The van der Waals surface area contributed by atoms with E-state index >= 15 is 0 Å². The van der Waals surface area contributed by atoms with Crippen molar-refractivity contribution in [2.24, 2.45) is 0 Å². The van der Waals surface area contributed by atoms with Gasteiger partial charge in [-0.1, -0.05) is 0 Å². The molecule has 0 spiro atoms. The molecule has 0 fully saturated rings. The second-order valence-electron chi connectivity index (χ2n) is 3.55. The Balaban J connectivity index is 2.40. The molecule has 7 heteroatoms. The Labute approximate surface area is 103 Å². The molecule has 1 aromatic rings. The van der Waals surface area contributed by atoms with Crippen LogP contribution in [0.25, 0.3) is 0 Å². The number of carbonyl (C=O) groups excluding carboxylic acids is 2. The fourth-order valence-corrected chi connectivity index (χ4v) is 1.12. The van der Waals surface area contributed by atoms with Crippen LogP contribution in [0.1, 0.15) is 17.3 Å². The minimum atomic E-state index is -1.14. The predicted octanol–water partition coefficient (Wildman–Crippen LogP) is -0.599. The summed E-state index contributed by atoms with van der Waals surface area (Å²) in [5.74, 6) is -2.12. The third-order valence-electron chi connectivity index (χ3n) is 2.10. The number of pyridine rings is 1. The summed E-state index contributed by atoms with van der Waals surface area (Å²) in [5, 5.41) is 13.2. The van der Waals surface area contributed by atoms with Gasteiger partial charge >= 0.3 is 5.97 Å². The quantitative estimate of drug-likeness (QED) is 0.647. The van der Waals surface area contributed by atoms with Crippen molar-refractivity contribution in [1.82, 2.24) is 15.6 Å². The summed E-state index contributed by atoms with van der Waals surface area (Å²) < 4.78 is 0. The summed E-state index contributed by atoms with van der Waals surface area (Å²) in [5.41, 5.74) is 0.379. The van der Waals surface area contributed by atoms with Gasteiger partial charge in [-0.25, -0.2) is 0 Å². The molecule has 7 nitrogen and oxygen atoms in total. The number of nitrogens with one attached hydrogen (secondary N) is 2. The van der Waals surface area contributed by atoms with Crippen molar-refractivity contribution in [2.75, 3.05) is 6.54 Å². The molecular weight excluding hydrogens is 238 g/mol. The topological polar surface area (TPSA) is 108 Å². The van der Waals surface area contributed by atoms with E-state index in [9.17, 15) is 14.4 Å². The van der Waals surface area contributed by atoms with E-state index in [-0.39, 0.29) is 6.54 Å². The van der Waals surface area contributed by atoms with Crippen molar-refractivity contribution < 1.29 is 19.5 Å². The van der Waals surface area contributed by atoms with Crippen LogP contribution in [0.5, 0.6) is 0 Å². The van der Waals surface area contributed by atoms with E-state index in [4.69, 9.17) is 5.11 Å². The molecule has 3 N–H and O–H groups in total. The van der Waals surface area contributed by atoms with E-state index in [0.29, 0.717) is 5.56 Å². The first-order chi connectivity index (χ1) is 8.50. The third-order valence-corrected chi connectivity index (χ3v) is 2.10. The maximum absolute atomic E-state index is 11.5. The molecular formula is C11H13N3O4. The molecule has 0 aromatic carbocycles. The lowest BCUT2D eigenvalue weighted by atomic mass is 10.2. The molecule has 1 aromatic heterocycles. The van der Waals surface area contributed by atoms with Crippen molar-refractivity contribution in [3.05, 3.63) is 30.1 Å². The maximum Gasteiger partial charge on any atom is 0.325 e. The van der Waals surface area contributed by atoms with Crippen molar-refractivity contribution in [3.63, 3.8) is 0 Å². The number of aromatic nitrogens is 1. The van der Waals surface area contributed by atoms with Crippen molar-refractivity contribution >= 4 is 17.8 Å². The smallest absolute Gasteiger partial charge is 0.325 e. The van der Waals surface area contributed by atoms with Gasteiger partial charge < -0.3 is 15.7 Å². The number of hydrogen-bond donors (Lipinski definition) is 3. The van der Waals surface area contributed by atoms with Crippen LogP contribution < -0.4 is 10.6 Å². The van der Waals surface area contributed by atoms with Crippen molar-refractivity contribution in [1.29, 1.82) is 0 Å². The summed E-state index contributed by atoms with van der Waals surface area (Å²) >= 11 is 0. The van der Waals surface area contributed by atoms with Gasteiger partial charge in [0.25, 0.3) is 5.91 Å². The van der Waals surface area contributed by atoms with E-state index in [1.54, 1.807) is 0 Å². The minimum Gasteiger partial charge on any atom is -0.480 e. The van der Waals surface area contributed by atoms with Crippen LogP contribution in [0.15, 0.2) is 24.5 Å². The van der Waals surface area contributed by atoms with Gasteiger partial charge in [0.15, 0.2) is 0 Å². The number of nitrogens with zero attached hydrogens (tertiary/aromatic N) is 1. The van der Waals surface area contributed by atoms with E-state index < -0.39 is 23.8 Å². The van der Waals surface area contributed by atoms with Crippen LogP contribution in [0, 0.1) is 0 Å². The average Bonchev–Trinajstić information content (AvgIpc) is 2.36. The number of carboxylic acid groups (broad SMARTS) is 1. The summed E-state index contributed by atoms with van der Waals surface area (Å²) in [6.07, 6.45) is 2.92. The third kappa shape index (κ3) is 4.20. The molecule has 0 radical (unpaired) electrons. The largest absolute Gasteiger partial charge is 0.480 e. The summed E-state index contributed by atoms with van der Waals surface area (Å²) in [6, 6.07) is 2.02. The monoisotopic (exact) mass is 251 g/mol. The highest BCUT2D eigenvalue weighted by Gasteiger charge is 2.14. The SMILES string of the molecule is C[C@H](NC(=O)CNC(=O)c1ccncc1)C(=O)O. The van der Waals surface area contributed by atoms with Crippen LogP contribution in [-0.2, 0) is 9.59 Å². The molecule has 18 heavy (non-hydrogen) atoms. The molecule has 1 rings (SSSR count). The number of aliphatic carboxylic acids is 1.